The van der Waals surface area contributed by atoms with E-state index >= 15 is 0 Å². The van der Waals surface area contributed by atoms with Crippen molar-refractivity contribution in [3.05, 3.63) is 0 Å². The lowest BCUT2D eigenvalue weighted by atomic mass is 10.2. The van der Waals surface area contributed by atoms with Crippen LogP contribution in [0.3, 0.4) is 0 Å². The zero-order valence-electron chi connectivity index (χ0n) is 8.74. The highest BCUT2D eigenvalue weighted by molar-refractivity contribution is 7.89. The lowest BCUT2D eigenvalue weighted by Crippen LogP contribution is -2.28. The molecule has 0 aromatic carbocycles. The summed E-state index contributed by atoms with van der Waals surface area (Å²) in [7, 11) is -3.19. The Kier molecular flexibility index (Phi) is 7.27. The van der Waals surface area contributed by atoms with Crippen LogP contribution in [-0.2, 0) is 14.8 Å². The minimum Gasteiger partial charge on any atom is -0.370 e. The molecular formula is C8H19N3O3S. The molecule has 5 N–H and O–H groups in total. The van der Waals surface area contributed by atoms with Gasteiger partial charge in [0.2, 0.25) is 15.9 Å². The lowest BCUT2D eigenvalue weighted by molar-refractivity contribution is -0.118. The Balaban J connectivity index is 3.53. The Morgan fingerprint density at radius 2 is 1.87 bits per heavy atom. The third-order valence-corrected chi connectivity index (χ3v) is 3.26. The molecule has 0 saturated carbocycles. The highest BCUT2D eigenvalue weighted by atomic mass is 32.2. The smallest absolute Gasteiger partial charge is 0.217 e. The molecule has 0 rings (SSSR count). The Hall–Kier alpha value is -0.660. The van der Waals surface area contributed by atoms with Gasteiger partial charge in [-0.2, -0.15) is 0 Å². The predicted octanol–water partition coefficient (Wildman–Crippen LogP) is -1.09. The molecule has 15 heavy (non-hydrogen) atoms. The number of amides is 1. The van der Waals surface area contributed by atoms with Crippen LogP contribution in [0.15, 0.2) is 0 Å². The molecular weight excluding hydrogens is 218 g/mol. The van der Waals surface area contributed by atoms with Gasteiger partial charge in [0.25, 0.3) is 0 Å². The molecule has 0 aromatic heterocycles. The maximum Gasteiger partial charge on any atom is 0.217 e. The second-order valence-corrected chi connectivity index (χ2v) is 5.21. The van der Waals surface area contributed by atoms with Crippen LogP contribution in [-0.4, -0.2) is 33.2 Å². The van der Waals surface area contributed by atoms with Crippen molar-refractivity contribution in [3.8, 4) is 0 Å². The first-order chi connectivity index (χ1) is 6.98. The number of nitrogens with two attached hydrogens (primary N) is 2. The molecule has 90 valence electrons. The maximum atomic E-state index is 11.2. The number of hydrogen-bond donors (Lipinski definition) is 3. The molecule has 0 aliphatic rings. The quantitative estimate of drug-likeness (QED) is 0.442. The van der Waals surface area contributed by atoms with Crippen LogP contribution < -0.4 is 16.2 Å². The Bertz CT molecular complexity index is 277. The van der Waals surface area contributed by atoms with Crippen molar-refractivity contribution in [2.24, 2.45) is 11.5 Å². The summed E-state index contributed by atoms with van der Waals surface area (Å²) in [6.45, 7) is 0.711. The van der Waals surface area contributed by atoms with Crippen molar-refractivity contribution in [1.29, 1.82) is 0 Å². The molecule has 0 saturated heterocycles. The molecule has 0 heterocycles. The van der Waals surface area contributed by atoms with Crippen LogP contribution in [0.1, 0.15) is 25.7 Å². The van der Waals surface area contributed by atoms with E-state index in [1.807, 2.05) is 0 Å². The van der Waals surface area contributed by atoms with Crippen LogP contribution in [0, 0.1) is 0 Å². The lowest BCUT2D eigenvalue weighted by Gasteiger charge is -2.05. The number of hydrogen-bond acceptors (Lipinski definition) is 4. The van der Waals surface area contributed by atoms with E-state index in [-0.39, 0.29) is 11.7 Å². The topological polar surface area (TPSA) is 115 Å². The number of carbonyl (C=O) groups excluding carboxylic acids is 1. The van der Waals surface area contributed by atoms with Crippen molar-refractivity contribution in [2.75, 3.05) is 18.8 Å². The molecule has 0 aliphatic heterocycles. The fraction of sp³-hybridized carbons (Fsp3) is 0.875. The van der Waals surface area contributed by atoms with Crippen LogP contribution in [0.2, 0.25) is 0 Å². The van der Waals surface area contributed by atoms with Gasteiger partial charge in [-0.05, 0) is 25.8 Å². The zero-order valence-corrected chi connectivity index (χ0v) is 9.55. The minimum atomic E-state index is -3.19. The van der Waals surface area contributed by atoms with Crippen LogP contribution >= 0.6 is 0 Å². The van der Waals surface area contributed by atoms with Crippen molar-refractivity contribution in [2.45, 2.75) is 25.7 Å². The fourth-order valence-electron chi connectivity index (χ4n) is 0.997. The van der Waals surface area contributed by atoms with E-state index in [4.69, 9.17) is 11.5 Å². The largest absolute Gasteiger partial charge is 0.370 e. The first-order valence-electron chi connectivity index (χ1n) is 4.93. The number of unbranched alkanes of at least 4 members (excludes halogenated alkanes) is 1. The van der Waals surface area contributed by atoms with Gasteiger partial charge in [-0.15, -0.1) is 0 Å². The summed E-state index contributed by atoms with van der Waals surface area (Å²) in [6.07, 6.45) is 1.97. The van der Waals surface area contributed by atoms with E-state index in [2.05, 4.69) is 4.72 Å². The molecule has 0 bridgehead atoms. The summed E-state index contributed by atoms with van der Waals surface area (Å²) < 4.78 is 24.9. The standard InChI is InChI=1S/C8H19N3O3S/c9-5-3-7-15(13,14)11-6-2-1-4-8(10)12/h11H,1-7,9H2,(H2,10,12). The summed E-state index contributed by atoms with van der Waals surface area (Å²) in [6, 6.07) is 0. The van der Waals surface area contributed by atoms with E-state index in [9.17, 15) is 13.2 Å². The van der Waals surface area contributed by atoms with Gasteiger partial charge in [0, 0.05) is 13.0 Å². The van der Waals surface area contributed by atoms with Gasteiger partial charge in [-0.3, -0.25) is 4.79 Å². The first kappa shape index (κ1) is 14.3. The first-order valence-corrected chi connectivity index (χ1v) is 6.59. The van der Waals surface area contributed by atoms with Crippen molar-refractivity contribution < 1.29 is 13.2 Å². The van der Waals surface area contributed by atoms with Gasteiger partial charge in [0.05, 0.1) is 5.75 Å². The van der Waals surface area contributed by atoms with Crippen LogP contribution in [0.25, 0.3) is 0 Å². The number of primary amides is 1. The number of nitrogens with one attached hydrogen (secondary N) is 1. The third-order valence-electron chi connectivity index (χ3n) is 1.79. The summed E-state index contributed by atoms with van der Waals surface area (Å²) in [4.78, 5) is 10.4. The molecule has 0 spiro atoms. The van der Waals surface area contributed by atoms with Crippen molar-refractivity contribution in [3.63, 3.8) is 0 Å². The van der Waals surface area contributed by atoms with Gasteiger partial charge >= 0.3 is 0 Å². The van der Waals surface area contributed by atoms with Gasteiger partial charge in [-0.25, -0.2) is 13.1 Å². The average Bonchev–Trinajstić information content (AvgIpc) is 2.14. The number of rotatable bonds is 9. The Morgan fingerprint density at radius 1 is 1.20 bits per heavy atom. The average molecular weight is 237 g/mol. The van der Waals surface area contributed by atoms with E-state index in [0.717, 1.165) is 0 Å². The van der Waals surface area contributed by atoms with Gasteiger partial charge in [0.15, 0.2) is 0 Å². The minimum absolute atomic E-state index is 0.0549. The molecule has 0 atom stereocenters. The summed E-state index contributed by atoms with van der Waals surface area (Å²) >= 11 is 0. The number of sulfonamides is 1. The van der Waals surface area contributed by atoms with Crippen molar-refractivity contribution in [1.82, 2.24) is 4.72 Å². The summed E-state index contributed by atoms with van der Waals surface area (Å²) in [5.41, 5.74) is 10.1. The Morgan fingerprint density at radius 3 is 2.40 bits per heavy atom. The highest BCUT2D eigenvalue weighted by Gasteiger charge is 2.07. The molecule has 0 aromatic rings. The van der Waals surface area contributed by atoms with Gasteiger partial charge in [0.1, 0.15) is 0 Å². The predicted molar refractivity (Wildman–Crippen MR) is 58.5 cm³/mol. The Labute approximate surface area is 90.4 Å². The monoisotopic (exact) mass is 237 g/mol. The normalized spacial score (nSPS) is 11.5. The van der Waals surface area contributed by atoms with Gasteiger partial charge in [-0.1, -0.05) is 0 Å². The molecule has 1 amide bonds. The third kappa shape index (κ3) is 9.64. The van der Waals surface area contributed by atoms with Crippen LogP contribution in [0.5, 0.6) is 0 Å². The highest BCUT2D eigenvalue weighted by Crippen LogP contribution is 1.94. The van der Waals surface area contributed by atoms with E-state index in [1.165, 1.54) is 0 Å². The molecule has 0 fully saturated rings. The molecule has 0 aliphatic carbocycles. The summed E-state index contributed by atoms with van der Waals surface area (Å²) in [5, 5.41) is 0. The molecule has 6 nitrogen and oxygen atoms in total. The molecule has 0 unspecified atom stereocenters. The second kappa shape index (κ2) is 7.61. The van der Waals surface area contributed by atoms with Crippen LogP contribution in [0.4, 0.5) is 0 Å². The molecule has 0 radical (unpaired) electrons. The molecule has 7 heteroatoms. The van der Waals surface area contributed by atoms with E-state index in [0.29, 0.717) is 38.8 Å². The van der Waals surface area contributed by atoms with E-state index < -0.39 is 10.0 Å². The van der Waals surface area contributed by atoms with Gasteiger partial charge < -0.3 is 11.5 Å². The zero-order chi connectivity index (χ0) is 11.7. The number of carbonyl (C=O) groups is 1. The SMILES string of the molecule is NCCCS(=O)(=O)NCCCCC(N)=O. The van der Waals surface area contributed by atoms with Crippen molar-refractivity contribution >= 4 is 15.9 Å². The maximum absolute atomic E-state index is 11.2. The van der Waals surface area contributed by atoms with E-state index in [1.54, 1.807) is 0 Å². The second-order valence-electron chi connectivity index (χ2n) is 3.28. The summed E-state index contributed by atoms with van der Waals surface area (Å²) in [5.74, 6) is -0.305. The fourth-order valence-corrected chi connectivity index (χ4v) is 2.14.